The second kappa shape index (κ2) is 14.8. The van der Waals surface area contributed by atoms with Crippen molar-refractivity contribution in [3.05, 3.63) is 243 Å². The second-order valence-corrected chi connectivity index (χ2v) is 16.2. The van der Waals surface area contributed by atoms with E-state index in [2.05, 4.69) is 252 Å². The van der Waals surface area contributed by atoms with Gasteiger partial charge in [0.25, 0.3) is 0 Å². The molecule has 0 spiro atoms. The van der Waals surface area contributed by atoms with Crippen molar-refractivity contribution in [3.8, 4) is 39.1 Å². The molecule has 0 atom stereocenters. The maximum absolute atomic E-state index is 2.44. The van der Waals surface area contributed by atoms with Crippen LogP contribution in [0.3, 0.4) is 0 Å². The van der Waals surface area contributed by atoms with Gasteiger partial charge in [0.2, 0.25) is 0 Å². The smallest absolute Gasteiger partial charge is 0.0619 e. The molecular formula is C60H40N2. The van der Waals surface area contributed by atoms with Gasteiger partial charge in [-0.3, -0.25) is 0 Å². The average Bonchev–Trinajstić information content (AvgIpc) is 3.69. The van der Waals surface area contributed by atoms with Crippen molar-refractivity contribution in [2.45, 2.75) is 0 Å². The summed E-state index contributed by atoms with van der Waals surface area (Å²) in [5.41, 5.74) is 14.0. The van der Waals surface area contributed by atoms with Crippen molar-refractivity contribution in [1.29, 1.82) is 0 Å². The number of hydrogen-bond acceptors (Lipinski definition) is 1. The van der Waals surface area contributed by atoms with E-state index >= 15 is 0 Å². The molecule has 12 aromatic rings. The summed E-state index contributed by atoms with van der Waals surface area (Å²) in [5.74, 6) is 0. The quantitative estimate of drug-likeness (QED) is 0.156. The third-order valence-corrected chi connectivity index (χ3v) is 12.5. The predicted molar refractivity (Wildman–Crippen MR) is 264 cm³/mol. The molecule has 0 unspecified atom stereocenters. The van der Waals surface area contributed by atoms with Crippen LogP contribution in [0.4, 0.5) is 17.1 Å². The van der Waals surface area contributed by atoms with E-state index in [0.29, 0.717) is 0 Å². The van der Waals surface area contributed by atoms with Gasteiger partial charge in [-0.1, -0.05) is 176 Å². The van der Waals surface area contributed by atoms with Crippen LogP contribution in [0.25, 0.3) is 93.2 Å². The van der Waals surface area contributed by atoms with E-state index in [0.717, 1.165) is 22.7 Å². The van der Waals surface area contributed by atoms with E-state index in [4.69, 9.17) is 0 Å². The molecule has 0 radical (unpaired) electrons. The highest BCUT2D eigenvalue weighted by Gasteiger charge is 2.18. The highest BCUT2D eigenvalue weighted by Crippen LogP contribution is 2.41. The topological polar surface area (TPSA) is 8.17 Å². The minimum absolute atomic E-state index is 1.09. The van der Waals surface area contributed by atoms with Gasteiger partial charge in [-0.25, -0.2) is 0 Å². The highest BCUT2D eigenvalue weighted by molar-refractivity contribution is 6.19. The van der Waals surface area contributed by atoms with E-state index in [9.17, 15) is 0 Å². The fourth-order valence-electron chi connectivity index (χ4n) is 9.40. The molecule has 0 N–H and O–H groups in total. The van der Waals surface area contributed by atoms with Crippen molar-refractivity contribution in [2.24, 2.45) is 0 Å². The Balaban J connectivity index is 0.944. The molecule has 1 heterocycles. The largest absolute Gasteiger partial charge is 0.311 e. The Morgan fingerprint density at radius 1 is 0.258 bits per heavy atom. The average molecular weight is 789 g/mol. The molecule has 0 saturated heterocycles. The monoisotopic (exact) mass is 788 g/mol. The molecule has 0 saturated carbocycles. The second-order valence-electron chi connectivity index (χ2n) is 16.2. The SMILES string of the molecule is c1ccc(-n2c3cc(-c4ccc(N(c5ccc(-c6ccc7ccccc7c6)cc5)c5ccc(-c6ccc7ccccc7c6)cc5)cc4)ccc3c3ccc4ccccc4c32)cc1. The lowest BCUT2D eigenvalue weighted by atomic mass is 10.00. The van der Waals surface area contributed by atoms with Crippen molar-refractivity contribution in [2.75, 3.05) is 4.90 Å². The zero-order chi connectivity index (χ0) is 41.0. The molecule has 0 aliphatic heterocycles. The first kappa shape index (κ1) is 35.7. The number of benzene rings is 11. The molecule has 0 amide bonds. The molecule has 290 valence electrons. The number of aromatic nitrogens is 1. The fraction of sp³-hybridized carbons (Fsp3) is 0. The van der Waals surface area contributed by atoms with Gasteiger partial charge in [-0.2, -0.15) is 0 Å². The first-order valence-corrected chi connectivity index (χ1v) is 21.3. The number of hydrogen-bond donors (Lipinski definition) is 0. The summed E-state index contributed by atoms with van der Waals surface area (Å²) >= 11 is 0. The molecule has 1 aromatic heterocycles. The summed E-state index contributed by atoms with van der Waals surface area (Å²) in [6.45, 7) is 0. The normalized spacial score (nSPS) is 11.5. The molecule has 11 aromatic carbocycles. The third-order valence-electron chi connectivity index (χ3n) is 12.5. The molecule has 2 heteroatoms. The number of rotatable bonds is 7. The van der Waals surface area contributed by atoms with Gasteiger partial charge in [0.15, 0.2) is 0 Å². The van der Waals surface area contributed by atoms with Crippen molar-refractivity contribution < 1.29 is 0 Å². The zero-order valence-electron chi connectivity index (χ0n) is 34.0. The van der Waals surface area contributed by atoms with E-state index in [-0.39, 0.29) is 0 Å². The van der Waals surface area contributed by atoms with Crippen LogP contribution in [-0.2, 0) is 0 Å². The van der Waals surface area contributed by atoms with Gasteiger partial charge < -0.3 is 9.47 Å². The summed E-state index contributed by atoms with van der Waals surface area (Å²) in [4.78, 5) is 2.36. The Labute approximate surface area is 360 Å². The highest BCUT2D eigenvalue weighted by atomic mass is 15.1. The lowest BCUT2D eigenvalue weighted by Crippen LogP contribution is -2.09. The lowest BCUT2D eigenvalue weighted by molar-refractivity contribution is 1.19. The molecule has 2 nitrogen and oxygen atoms in total. The first-order chi connectivity index (χ1) is 30.7. The number of nitrogens with zero attached hydrogens (tertiary/aromatic N) is 2. The fourth-order valence-corrected chi connectivity index (χ4v) is 9.40. The summed E-state index contributed by atoms with van der Waals surface area (Å²) < 4.78 is 2.44. The molecule has 0 aliphatic rings. The van der Waals surface area contributed by atoms with Crippen molar-refractivity contribution in [1.82, 2.24) is 4.57 Å². The Kier molecular flexibility index (Phi) is 8.53. The molecule has 0 aliphatic carbocycles. The van der Waals surface area contributed by atoms with Crippen LogP contribution in [0, 0.1) is 0 Å². The zero-order valence-corrected chi connectivity index (χ0v) is 34.0. The minimum Gasteiger partial charge on any atom is -0.311 e. The number of fused-ring (bicyclic) bond motifs is 7. The van der Waals surface area contributed by atoms with Gasteiger partial charge in [-0.05, 0) is 127 Å². The van der Waals surface area contributed by atoms with Crippen LogP contribution in [0.15, 0.2) is 243 Å². The maximum atomic E-state index is 2.44. The Hall–Kier alpha value is -8.20. The molecule has 62 heavy (non-hydrogen) atoms. The number of para-hydroxylation sites is 1. The summed E-state index contributed by atoms with van der Waals surface area (Å²) in [6, 6.07) is 88.5. The van der Waals surface area contributed by atoms with Crippen LogP contribution in [0.1, 0.15) is 0 Å². The van der Waals surface area contributed by atoms with Crippen LogP contribution in [-0.4, -0.2) is 4.57 Å². The van der Waals surface area contributed by atoms with Gasteiger partial charge in [-0.15, -0.1) is 0 Å². The van der Waals surface area contributed by atoms with Gasteiger partial charge in [0.1, 0.15) is 0 Å². The van der Waals surface area contributed by atoms with Crippen LogP contribution >= 0.6 is 0 Å². The van der Waals surface area contributed by atoms with Crippen LogP contribution < -0.4 is 4.90 Å². The van der Waals surface area contributed by atoms with Crippen LogP contribution in [0.2, 0.25) is 0 Å². The predicted octanol–water partition coefficient (Wildman–Crippen LogP) is 16.7. The van der Waals surface area contributed by atoms with Crippen LogP contribution in [0.5, 0.6) is 0 Å². The van der Waals surface area contributed by atoms with E-state index < -0.39 is 0 Å². The van der Waals surface area contributed by atoms with E-state index in [1.54, 1.807) is 0 Å². The summed E-state index contributed by atoms with van der Waals surface area (Å²) in [7, 11) is 0. The molecule has 12 rings (SSSR count). The first-order valence-electron chi connectivity index (χ1n) is 21.3. The van der Waals surface area contributed by atoms with Gasteiger partial charge in [0, 0.05) is 38.9 Å². The Morgan fingerprint density at radius 3 is 1.21 bits per heavy atom. The summed E-state index contributed by atoms with van der Waals surface area (Å²) in [6.07, 6.45) is 0. The Morgan fingerprint density at radius 2 is 0.661 bits per heavy atom. The minimum atomic E-state index is 1.09. The van der Waals surface area contributed by atoms with E-state index in [1.165, 1.54) is 87.5 Å². The van der Waals surface area contributed by atoms with Crippen molar-refractivity contribution in [3.63, 3.8) is 0 Å². The third kappa shape index (κ3) is 6.20. The van der Waals surface area contributed by atoms with E-state index in [1.807, 2.05) is 0 Å². The van der Waals surface area contributed by atoms with Gasteiger partial charge >= 0.3 is 0 Å². The summed E-state index contributed by atoms with van der Waals surface area (Å²) in [5, 5.41) is 10.0. The van der Waals surface area contributed by atoms with Gasteiger partial charge in [0.05, 0.1) is 11.0 Å². The molecule has 0 bridgehead atoms. The van der Waals surface area contributed by atoms with Crippen molar-refractivity contribution >= 4 is 71.2 Å². The molecular weight excluding hydrogens is 749 g/mol. The number of anilines is 3. The lowest BCUT2D eigenvalue weighted by Gasteiger charge is -2.26. The standard InChI is InChI=1S/C60H40N2/c1-2-15-52(16-3-1)62-59-40-51(29-36-57(59)58-37-28-46-12-8-9-17-56(46)60(58)62)45-26-34-55(35-27-45)61(53-30-22-43(23-31-53)49-20-18-41-10-4-6-13-47(41)38-49)54-32-24-44(25-33-54)50-21-19-42-11-5-7-14-48(42)39-50/h1-40H. The Bertz CT molecular complexity index is 3480. The molecule has 0 fully saturated rings. The maximum Gasteiger partial charge on any atom is 0.0619 e.